The van der Waals surface area contributed by atoms with Gasteiger partial charge < -0.3 is 0 Å². The topological polar surface area (TPSA) is 52.7 Å². The van der Waals surface area contributed by atoms with Crippen LogP contribution in [0.2, 0.25) is 5.15 Å². The molecule has 0 saturated heterocycles. The molecule has 0 spiro atoms. The first-order chi connectivity index (χ1) is 10.1. The van der Waals surface area contributed by atoms with E-state index in [9.17, 15) is 4.79 Å². The van der Waals surface area contributed by atoms with Gasteiger partial charge >= 0.3 is 0 Å². The van der Waals surface area contributed by atoms with Crippen molar-refractivity contribution in [2.24, 2.45) is 0 Å². The predicted molar refractivity (Wildman–Crippen MR) is 89.7 cm³/mol. The first-order valence-corrected chi connectivity index (χ1v) is 8.55. The van der Waals surface area contributed by atoms with Gasteiger partial charge in [-0.25, -0.2) is 4.98 Å². The first kappa shape index (κ1) is 15.0. The van der Waals surface area contributed by atoms with Gasteiger partial charge in [-0.2, -0.15) is 5.10 Å². The zero-order valence-electron chi connectivity index (χ0n) is 11.5. The summed E-state index contributed by atoms with van der Waals surface area (Å²) in [6.45, 7) is 0.429. The van der Waals surface area contributed by atoms with E-state index in [2.05, 4.69) is 10.1 Å². The SMILES string of the molecule is O=c1c(I)c(Cl)ncn1Cc1ccn(C2CCCCC2)n1. The summed E-state index contributed by atoms with van der Waals surface area (Å²) in [7, 11) is 0. The molecule has 1 aliphatic carbocycles. The highest BCUT2D eigenvalue weighted by Crippen LogP contribution is 2.27. The number of nitrogens with zero attached hydrogens (tertiary/aromatic N) is 4. The van der Waals surface area contributed by atoms with Gasteiger partial charge in [0.2, 0.25) is 0 Å². The first-order valence-electron chi connectivity index (χ1n) is 7.09. The molecule has 2 aromatic heterocycles. The fourth-order valence-corrected chi connectivity index (χ4v) is 3.32. The van der Waals surface area contributed by atoms with Gasteiger partial charge in [-0.15, -0.1) is 0 Å². The average molecular weight is 419 g/mol. The van der Waals surface area contributed by atoms with Crippen LogP contribution >= 0.6 is 34.2 Å². The largest absolute Gasteiger partial charge is 0.292 e. The minimum Gasteiger partial charge on any atom is -0.292 e. The zero-order chi connectivity index (χ0) is 14.8. The maximum absolute atomic E-state index is 12.1. The minimum atomic E-state index is -0.122. The van der Waals surface area contributed by atoms with Gasteiger partial charge in [-0.1, -0.05) is 30.9 Å². The predicted octanol–water partition coefficient (Wildman–Crippen LogP) is 3.25. The Labute approximate surface area is 141 Å². The second kappa shape index (κ2) is 6.48. The molecule has 7 heteroatoms. The van der Waals surface area contributed by atoms with Crippen LogP contribution in [0.5, 0.6) is 0 Å². The lowest BCUT2D eigenvalue weighted by Gasteiger charge is -2.21. The summed E-state index contributed by atoms with van der Waals surface area (Å²) in [5.41, 5.74) is 0.755. The highest BCUT2D eigenvalue weighted by Gasteiger charge is 2.16. The molecule has 1 aliphatic rings. The maximum atomic E-state index is 12.1. The lowest BCUT2D eigenvalue weighted by molar-refractivity contribution is 0.328. The van der Waals surface area contributed by atoms with Crippen molar-refractivity contribution in [3.63, 3.8) is 0 Å². The van der Waals surface area contributed by atoms with Crippen LogP contribution in [0.15, 0.2) is 23.4 Å². The molecule has 21 heavy (non-hydrogen) atoms. The smallest absolute Gasteiger partial charge is 0.268 e. The highest BCUT2D eigenvalue weighted by atomic mass is 127. The van der Waals surface area contributed by atoms with Crippen molar-refractivity contribution in [3.05, 3.63) is 43.4 Å². The average Bonchev–Trinajstić information content (AvgIpc) is 2.97. The van der Waals surface area contributed by atoms with Gasteiger partial charge in [0.1, 0.15) is 8.72 Å². The van der Waals surface area contributed by atoms with Crippen LogP contribution in [0.1, 0.15) is 43.8 Å². The third-order valence-electron chi connectivity index (χ3n) is 3.88. The molecule has 1 fully saturated rings. The Bertz CT molecular complexity index is 691. The van der Waals surface area contributed by atoms with E-state index >= 15 is 0 Å². The van der Waals surface area contributed by atoms with Crippen molar-refractivity contribution in [3.8, 4) is 0 Å². The van der Waals surface area contributed by atoms with Crippen molar-refractivity contribution >= 4 is 34.2 Å². The Kier molecular flexibility index (Phi) is 4.63. The van der Waals surface area contributed by atoms with E-state index in [1.165, 1.54) is 38.4 Å². The molecule has 0 amide bonds. The van der Waals surface area contributed by atoms with E-state index in [1.54, 1.807) is 4.57 Å². The Morgan fingerprint density at radius 2 is 2.10 bits per heavy atom. The van der Waals surface area contributed by atoms with Crippen molar-refractivity contribution in [1.29, 1.82) is 0 Å². The lowest BCUT2D eigenvalue weighted by atomic mass is 9.96. The molecule has 2 aromatic rings. The fourth-order valence-electron chi connectivity index (χ4n) is 2.74. The molecule has 1 saturated carbocycles. The summed E-state index contributed by atoms with van der Waals surface area (Å²) in [6, 6.07) is 2.48. The number of hydrogen-bond donors (Lipinski definition) is 0. The summed E-state index contributed by atoms with van der Waals surface area (Å²) in [6.07, 6.45) is 9.77. The van der Waals surface area contributed by atoms with Crippen LogP contribution in [0.25, 0.3) is 0 Å². The molecule has 0 aromatic carbocycles. The quantitative estimate of drug-likeness (QED) is 0.568. The van der Waals surface area contributed by atoms with Gasteiger partial charge in [0, 0.05) is 6.20 Å². The summed E-state index contributed by atoms with van der Waals surface area (Å²) >= 11 is 7.77. The van der Waals surface area contributed by atoms with E-state index in [1.807, 2.05) is 39.5 Å². The number of hydrogen-bond acceptors (Lipinski definition) is 3. The van der Waals surface area contributed by atoms with Gasteiger partial charge in [0.05, 0.1) is 24.6 Å². The Hall–Kier alpha value is -0.890. The zero-order valence-corrected chi connectivity index (χ0v) is 14.4. The van der Waals surface area contributed by atoms with Crippen molar-refractivity contribution < 1.29 is 0 Å². The molecular weight excluding hydrogens is 403 g/mol. The Balaban J connectivity index is 1.78. The van der Waals surface area contributed by atoms with Crippen molar-refractivity contribution in [2.75, 3.05) is 0 Å². The van der Waals surface area contributed by atoms with Crippen LogP contribution in [0.3, 0.4) is 0 Å². The van der Waals surface area contributed by atoms with Crippen molar-refractivity contribution in [1.82, 2.24) is 19.3 Å². The Morgan fingerprint density at radius 3 is 2.86 bits per heavy atom. The standard InChI is InChI=1S/C14H16ClIN4O/c15-13-12(16)14(21)19(9-17-13)8-10-6-7-20(18-10)11-4-2-1-3-5-11/h6-7,9,11H,1-5,8H2. The molecule has 112 valence electrons. The van der Waals surface area contributed by atoms with Gasteiger partial charge in [-0.05, 0) is 41.5 Å². The van der Waals surface area contributed by atoms with Crippen LogP contribution in [0, 0.1) is 3.57 Å². The van der Waals surface area contributed by atoms with Crippen LogP contribution in [0.4, 0.5) is 0 Å². The van der Waals surface area contributed by atoms with Gasteiger partial charge in [-0.3, -0.25) is 14.0 Å². The maximum Gasteiger partial charge on any atom is 0.268 e. The van der Waals surface area contributed by atoms with E-state index < -0.39 is 0 Å². The second-order valence-electron chi connectivity index (χ2n) is 5.36. The second-order valence-corrected chi connectivity index (χ2v) is 6.80. The molecule has 0 N–H and O–H groups in total. The summed E-state index contributed by atoms with van der Waals surface area (Å²) in [5, 5.41) is 4.87. The summed E-state index contributed by atoms with van der Waals surface area (Å²) in [4.78, 5) is 16.1. The summed E-state index contributed by atoms with van der Waals surface area (Å²) in [5.74, 6) is 0. The Morgan fingerprint density at radius 1 is 1.33 bits per heavy atom. The molecule has 3 rings (SSSR count). The fraction of sp³-hybridized carbons (Fsp3) is 0.500. The normalized spacial score (nSPS) is 16.3. The van der Waals surface area contributed by atoms with Gasteiger partial charge in [0.15, 0.2) is 0 Å². The molecule has 0 atom stereocenters. The molecule has 0 radical (unpaired) electrons. The number of halogens is 2. The van der Waals surface area contributed by atoms with E-state index in [-0.39, 0.29) is 10.7 Å². The van der Waals surface area contributed by atoms with Crippen LogP contribution < -0.4 is 5.56 Å². The molecule has 0 bridgehead atoms. The third kappa shape index (κ3) is 3.31. The van der Waals surface area contributed by atoms with Crippen LogP contribution in [-0.2, 0) is 6.54 Å². The molecular formula is C14H16ClIN4O. The van der Waals surface area contributed by atoms with Crippen molar-refractivity contribution in [2.45, 2.75) is 44.7 Å². The number of rotatable bonds is 3. The molecule has 5 nitrogen and oxygen atoms in total. The minimum absolute atomic E-state index is 0.122. The third-order valence-corrected chi connectivity index (χ3v) is 5.46. The summed E-state index contributed by atoms with van der Waals surface area (Å²) < 4.78 is 4.04. The highest BCUT2D eigenvalue weighted by molar-refractivity contribution is 14.1. The molecule has 0 unspecified atom stereocenters. The van der Waals surface area contributed by atoms with Gasteiger partial charge in [0.25, 0.3) is 5.56 Å². The number of aromatic nitrogens is 4. The van der Waals surface area contributed by atoms with E-state index in [4.69, 9.17) is 11.6 Å². The molecule has 2 heterocycles. The van der Waals surface area contributed by atoms with E-state index in [0.29, 0.717) is 16.2 Å². The van der Waals surface area contributed by atoms with E-state index in [0.717, 1.165) is 5.69 Å². The van der Waals surface area contributed by atoms with Crippen LogP contribution in [-0.4, -0.2) is 19.3 Å². The monoisotopic (exact) mass is 418 g/mol. The lowest BCUT2D eigenvalue weighted by Crippen LogP contribution is -2.24. The molecule has 0 aliphatic heterocycles.